The highest BCUT2D eigenvalue weighted by Gasteiger charge is 2.20. The van der Waals surface area contributed by atoms with Crippen LogP contribution in [0.2, 0.25) is 0 Å². The molecule has 2 rings (SSSR count). The Bertz CT molecular complexity index is 595. The molecule has 7 heteroatoms. The predicted octanol–water partition coefficient (Wildman–Crippen LogP) is 1.08. The highest BCUT2D eigenvalue weighted by atomic mass is 32.2. The molecule has 0 unspecified atom stereocenters. The number of amides is 1. The molecular weight excluding hydrogens is 268 g/mol. The van der Waals surface area contributed by atoms with Crippen LogP contribution in [0, 0.1) is 0 Å². The Hall–Kier alpha value is -2.28. The molecule has 3 N–H and O–H groups in total. The van der Waals surface area contributed by atoms with Gasteiger partial charge in [0.1, 0.15) is 5.75 Å². The summed E-state index contributed by atoms with van der Waals surface area (Å²) >= 11 is 1.07. The molecule has 1 aliphatic rings. The summed E-state index contributed by atoms with van der Waals surface area (Å²) in [5.41, 5.74) is 6.05. The topological polar surface area (TPSA) is 102 Å². The number of nitrogens with two attached hydrogens (primary N) is 1. The third-order valence-corrected chi connectivity index (χ3v) is 3.01. The first-order chi connectivity index (χ1) is 9.06. The number of benzene rings is 1. The Kier molecular flexibility index (Phi) is 3.86. The van der Waals surface area contributed by atoms with Gasteiger partial charge in [-0.05, 0) is 23.9 Å². The van der Waals surface area contributed by atoms with Crippen LogP contribution in [0.3, 0.4) is 0 Å². The minimum Gasteiger partial charge on any atom is -0.481 e. The fourth-order valence-electron chi connectivity index (χ4n) is 1.44. The average molecular weight is 278 g/mol. The van der Waals surface area contributed by atoms with Crippen molar-refractivity contribution >= 4 is 34.9 Å². The monoisotopic (exact) mass is 278 g/mol. The van der Waals surface area contributed by atoms with E-state index in [9.17, 15) is 9.59 Å². The number of aliphatic imine (C=N–C) groups is 1. The van der Waals surface area contributed by atoms with Gasteiger partial charge in [-0.2, -0.15) is 4.99 Å². The van der Waals surface area contributed by atoms with Crippen LogP contribution < -0.4 is 10.5 Å². The van der Waals surface area contributed by atoms with Gasteiger partial charge >= 0.3 is 5.97 Å². The lowest BCUT2D eigenvalue weighted by Gasteiger charge is -2.06. The highest BCUT2D eigenvalue weighted by Crippen LogP contribution is 2.29. The SMILES string of the molecule is NC1=NC(=O)/C(=C\c2ccccc2OCC(=O)O)S1. The maximum Gasteiger partial charge on any atom is 0.341 e. The number of carboxylic acids is 1. The van der Waals surface area contributed by atoms with E-state index in [0.29, 0.717) is 16.2 Å². The maximum absolute atomic E-state index is 11.5. The Morgan fingerprint density at radius 3 is 2.84 bits per heavy atom. The zero-order valence-corrected chi connectivity index (χ0v) is 10.5. The van der Waals surface area contributed by atoms with E-state index < -0.39 is 18.5 Å². The number of para-hydroxylation sites is 1. The molecule has 1 heterocycles. The van der Waals surface area contributed by atoms with Crippen molar-refractivity contribution in [2.45, 2.75) is 0 Å². The van der Waals surface area contributed by atoms with Crippen molar-refractivity contribution in [2.24, 2.45) is 10.7 Å². The summed E-state index contributed by atoms with van der Waals surface area (Å²) in [5, 5.41) is 8.79. The summed E-state index contributed by atoms with van der Waals surface area (Å²) in [6, 6.07) is 6.82. The number of aliphatic carboxylic acids is 1. The summed E-state index contributed by atoms with van der Waals surface area (Å²) in [6.45, 7) is -0.445. The van der Waals surface area contributed by atoms with E-state index in [-0.39, 0.29) is 5.17 Å². The Labute approximate surface area is 113 Å². The lowest BCUT2D eigenvalue weighted by Crippen LogP contribution is -2.10. The van der Waals surface area contributed by atoms with Crippen LogP contribution in [0.5, 0.6) is 5.75 Å². The van der Waals surface area contributed by atoms with Gasteiger partial charge in [0.2, 0.25) is 0 Å². The van der Waals surface area contributed by atoms with Crippen molar-refractivity contribution in [1.82, 2.24) is 0 Å². The zero-order chi connectivity index (χ0) is 13.8. The Balaban J connectivity index is 2.23. The second-order valence-electron chi connectivity index (χ2n) is 3.59. The first-order valence-electron chi connectivity index (χ1n) is 5.28. The number of ether oxygens (including phenoxy) is 1. The zero-order valence-electron chi connectivity index (χ0n) is 9.70. The first kappa shape index (κ1) is 13.2. The number of carboxylic acid groups (broad SMARTS) is 1. The fraction of sp³-hybridized carbons (Fsp3) is 0.0833. The van der Waals surface area contributed by atoms with Crippen LogP contribution in [0.25, 0.3) is 6.08 Å². The predicted molar refractivity (Wildman–Crippen MR) is 71.8 cm³/mol. The van der Waals surface area contributed by atoms with Gasteiger partial charge in [-0.3, -0.25) is 4.79 Å². The molecule has 0 fully saturated rings. The number of hydrogen-bond acceptors (Lipinski definition) is 5. The first-order valence-corrected chi connectivity index (χ1v) is 6.09. The molecule has 0 saturated carbocycles. The van der Waals surface area contributed by atoms with Gasteiger partial charge in [0.05, 0.1) is 4.91 Å². The number of amidine groups is 1. The van der Waals surface area contributed by atoms with Gasteiger partial charge in [-0.25, -0.2) is 4.79 Å². The van der Waals surface area contributed by atoms with E-state index in [2.05, 4.69) is 4.99 Å². The van der Waals surface area contributed by atoms with Gasteiger partial charge in [0.15, 0.2) is 11.8 Å². The molecule has 19 heavy (non-hydrogen) atoms. The average Bonchev–Trinajstić information content (AvgIpc) is 2.67. The van der Waals surface area contributed by atoms with E-state index in [1.807, 2.05) is 0 Å². The second kappa shape index (κ2) is 5.57. The summed E-state index contributed by atoms with van der Waals surface area (Å²) < 4.78 is 5.14. The lowest BCUT2D eigenvalue weighted by molar-refractivity contribution is -0.139. The van der Waals surface area contributed by atoms with Crippen molar-refractivity contribution < 1.29 is 19.4 Å². The number of hydrogen-bond donors (Lipinski definition) is 2. The van der Waals surface area contributed by atoms with E-state index in [0.717, 1.165) is 11.8 Å². The van der Waals surface area contributed by atoms with Crippen molar-refractivity contribution in [3.8, 4) is 5.75 Å². The smallest absolute Gasteiger partial charge is 0.341 e. The number of rotatable bonds is 4. The number of carbonyl (C=O) groups is 2. The molecule has 1 amide bonds. The molecule has 0 aliphatic carbocycles. The van der Waals surface area contributed by atoms with Crippen molar-refractivity contribution in [3.05, 3.63) is 34.7 Å². The van der Waals surface area contributed by atoms with Crippen LogP contribution >= 0.6 is 11.8 Å². The minimum absolute atomic E-state index is 0.195. The molecule has 1 aliphatic heterocycles. The lowest BCUT2D eigenvalue weighted by atomic mass is 10.2. The van der Waals surface area contributed by atoms with E-state index in [1.54, 1.807) is 30.3 Å². The summed E-state index contributed by atoms with van der Waals surface area (Å²) in [6.07, 6.45) is 1.58. The quantitative estimate of drug-likeness (QED) is 0.799. The molecule has 0 spiro atoms. The van der Waals surface area contributed by atoms with Gasteiger partial charge in [-0.15, -0.1) is 0 Å². The molecule has 1 aromatic carbocycles. The molecule has 0 saturated heterocycles. The van der Waals surface area contributed by atoms with E-state index >= 15 is 0 Å². The van der Waals surface area contributed by atoms with Gasteiger partial charge in [-0.1, -0.05) is 18.2 Å². The van der Waals surface area contributed by atoms with Crippen molar-refractivity contribution in [3.63, 3.8) is 0 Å². The summed E-state index contributed by atoms with van der Waals surface area (Å²) in [4.78, 5) is 25.9. The number of carbonyl (C=O) groups excluding carboxylic acids is 1. The molecule has 0 bridgehead atoms. The Morgan fingerprint density at radius 1 is 1.47 bits per heavy atom. The van der Waals surface area contributed by atoms with Crippen LogP contribution in [0.1, 0.15) is 5.56 Å². The minimum atomic E-state index is -1.07. The fourth-order valence-corrected chi connectivity index (χ4v) is 2.11. The summed E-state index contributed by atoms with van der Waals surface area (Å²) in [7, 11) is 0. The van der Waals surface area contributed by atoms with Gasteiger partial charge in [0, 0.05) is 5.56 Å². The van der Waals surface area contributed by atoms with E-state index in [1.165, 1.54) is 0 Å². The van der Waals surface area contributed by atoms with Gasteiger partial charge < -0.3 is 15.6 Å². The third kappa shape index (κ3) is 3.35. The molecule has 6 nitrogen and oxygen atoms in total. The maximum atomic E-state index is 11.5. The van der Waals surface area contributed by atoms with Crippen LogP contribution in [0.4, 0.5) is 0 Å². The standard InChI is InChI=1S/C12H10N2O4S/c13-12-14-11(17)9(19-12)5-7-3-1-2-4-8(7)18-6-10(15)16/h1-5H,6H2,(H,15,16)(H2,13,14,17)/b9-5+. The van der Waals surface area contributed by atoms with Crippen molar-refractivity contribution in [1.29, 1.82) is 0 Å². The molecule has 0 atom stereocenters. The third-order valence-electron chi connectivity index (χ3n) is 2.19. The van der Waals surface area contributed by atoms with Crippen molar-refractivity contribution in [2.75, 3.05) is 6.61 Å². The van der Waals surface area contributed by atoms with Crippen LogP contribution in [-0.4, -0.2) is 28.8 Å². The normalized spacial score (nSPS) is 16.5. The largest absolute Gasteiger partial charge is 0.481 e. The number of nitrogens with zero attached hydrogens (tertiary/aromatic N) is 1. The highest BCUT2D eigenvalue weighted by molar-refractivity contribution is 8.18. The summed E-state index contributed by atoms with van der Waals surface area (Å²) in [5.74, 6) is -1.09. The molecule has 98 valence electrons. The molecule has 0 aromatic heterocycles. The van der Waals surface area contributed by atoms with E-state index in [4.69, 9.17) is 15.6 Å². The van der Waals surface area contributed by atoms with Crippen LogP contribution in [0.15, 0.2) is 34.2 Å². The molecule has 1 aromatic rings. The molecular formula is C12H10N2O4S. The van der Waals surface area contributed by atoms with Gasteiger partial charge in [0.25, 0.3) is 5.91 Å². The number of thioether (sulfide) groups is 1. The second-order valence-corrected chi connectivity index (χ2v) is 4.65. The molecule has 0 radical (unpaired) electrons. The Morgan fingerprint density at radius 2 is 2.21 bits per heavy atom. The van der Waals surface area contributed by atoms with Crippen LogP contribution in [-0.2, 0) is 9.59 Å².